The van der Waals surface area contributed by atoms with Crippen LogP contribution in [0.2, 0.25) is 5.02 Å². The molecule has 0 radical (unpaired) electrons. The third-order valence-electron chi connectivity index (χ3n) is 4.86. The summed E-state index contributed by atoms with van der Waals surface area (Å²) in [4.78, 5) is 0.176. The second kappa shape index (κ2) is 6.68. The molecule has 1 fully saturated rings. The Kier molecular flexibility index (Phi) is 4.90. The zero-order valence-electron chi connectivity index (χ0n) is 13.7. The van der Waals surface area contributed by atoms with Gasteiger partial charge in [0.1, 0.15) is 5.82 Å². The summed E-state index contributed by atoms with van der Waals surface area (Å²) in [6, 6.07) is 12.0. The van der Waals surface area contributed by atoms with Crippen LogP contribution in [0.1, 0.15) is 11.5 Å². The zero-order valence-corrected chi connectivity index (χ0v) is 15.2. The summed E-state index contributed by atoms with van der Waals surface area (Å²) < 4.78 is 45.3. The van der Waals surface area contributed by atoms with Gasteiger partial charge in [0, 0.05) is 30.0 Å². The minimum Gasteiger partial charge on any atom is -0.384 e. The molecule has 0 spiro atoms. The lowest BCUT2D eigenvalue weighted by Gasteiger charge is -2.15. The predicted octanol–water partition coefficient (Wildman–Crippen LogP) is 3.01. The minimum absolute atomic E-state index is 0.125. The summed E-state index contributed by atoms with van der Waals surface area (Å²) in [5, 5.41) is -0.314. The first-order valence-corrected chi connectivity index (χ1v) is 9.73. The van der Waals surface area contributed by atoms with E-state index in [4.69, 9.17) is 22.1 Å². The van der Waals surface area contributed by atoms with Crippen molar-refractivity contribution in [1.29, 1.82) is 0 Å². The van der Waals surface area contributed by atoms with Gasteiger partial charge in [0.15, 0.2) is 9.84 Å². The van der Waals surface area contributed by atoms with Crippen molar-refractivity contribution < 1.29 is 17.5 Å². The summed E-state index contributed by atoms with van der Waals surface area (Å²) in [5.41, 5.74) is 5.79. The number of benzene rings is 2. The highest BCUT2D eigenvalue weighted by Crippen LogP contribution is 2.63. The molecule has 1 aliphatic carbocycles. The molecule has 2 aromatic rings. The third kappa shape index (κ3) is 3.08. The topological polar surface area (TPSA) is 69.4 Å². The SMILES string of the molecule is COC[C@]1(CN)[C@H](c2cccc(F)c2)[C@H]1S(=O)(=O)c1ccc(Cl)cc1. The molecule has 0 bridgehead atoms. The Labute approximate surface area is 151 Å². The molecule has 0 heterocycles. The van der Waals surface area contributed by atoms with Crippen molar-refractivity contribution in [2.75, 3.05) is 20.3 Å². The predicted molar refractivity (Wildman–Crippen MR) is 94.9 cm³/mol. The van der Waals surface area contributed by atoms with Crippen molar-refractivity contribution in [2.24, 2.45) is 11.1 Å². The van der Waals surface area contributed by atoms with Gasteiger partial charge in [0.25, 0.3) is 0 Å². The van der Waals surface area contributed by atoms with Crippen LogP contribution < -0.4 is 5.73 Å². The third-order valence-corrected chi connectivity index (χ3v) is 7.45. The molecule has 0 amide bonds. The van der Waals surface area contributed by atoms with Crippen LogP contribution in [0.4, 0.5) is 4.39 Å². The quantitative estimate of drug-likeness (QED) is 0.832. The maximum absolute atomic E-state index is 13.7. The van der Waals surface area contributed by atoms with E-state index in [9.17, 15) is 12.8 Å². The van der Waals surface area contributed by atoms with Gasteiger partial charge in [-0.05, 0) is 42.0 Å². The van der Waals surface area contributed by atoms with E-state index >= 15 is 0 Å². The molecule has 0 unspecified atom stereocenters. The van der Waals surface area contributed by atoms with Crippen molar-refractivity contribution in [3.8, 4) is 0 Å². The Morgan fingerprint density at radius 3 is 2.48 bits per heavy atom. The number of rotatable bonds is 6. The van der Waals surface area contributed by atoms with Crippen LogP contribution in [0.5, 0.6) is 0 Å². The van der Waals surface area contributed by atoms with Crippen LogP contribution in [-0.4, -0.2) is 33.9 Å². The van der Waals surface area contributed by atoms with E-state index in [1.165, 1.54) is 43.5 Å². The largest absolute Gasteiger partial charge is 0.384 e. The fourth-order valence-corrected chi connectivity index (χ4v) is 6.23. The Hall–Kier alpha value is -1.47. The Morgan fingerprint density at radius 2 is 1.92 bits per heavy atom. The summed E-state index contributed by atoms with van der Waals surface area (Å²) in [7, 11) is -2.17. The number of hydrogen-bond acceptors (Lipinski definition) is 4. The lowest BCUT2D eigenvalue weighted by Crippen LogP contribution is -2.28. The minimum atomic E-state index is -3.68. The van der Waals surface area contributed by atoms with Crippen LogP contribution in [0, 0.1) is 11.2 Å². The summed E-state index contributed by atoms with van der Waals surface area (Å²) >= 11 is 5.86. The molecule has 3 rings (SSSR count). The van der Waals surface area contributed by atoms with Crippen molar-refractivity contribution in [2.45, 2.75) is 16.1 Å². The summed E-state index contributed by atoms with van der Waals surface area (Å²) in [6.07, 6.45) is 0. The lowest BCUT2D eigenvalue weighted by atomic mass is 10.00. The van der Waals surface area contributed by atoms with Gasteiger partial charge in [-0.3, -0.25) is 0 Å². The molecule has 134 valence electrons. The average molecular weight is 384 g/mol. The molecule has 1 aliphatic rings. The first-order chi connectivity index (χ1) is 11.9. The molecule has 2 N–H and O–H groups in total. The number of hydrogen-bond donors (Lipinski definition) is 1. The zero-order chi connectivity index (χ0) is 18.2. The maximum atomic E-state index is 13.7. The highest BCUT2D eigenvalue weighted by atomic mass is 35.5. The van der Waals surface area contributed by atoms with Gasteiger partial charge < -0.3 is 10.5 Å². The molecule has 0 aliphatic heterocycles. The number of sulfone groups is 1. The molecule has 4 nitrogen and oxygen atoms in total. The fraction of sp³-hybridized carbons (Fsp3) is 0.333. The molecule has 1 saturated carbocycles. The second-order valence-corrected chi connectivity index (χ2v) is 8.83. The van der Waals surface area contributed by atoms with Crippen molar-refractivity contribution >= 4 is 21.4 Å². The van der Waals surface area contributed by atoms with E-state index in [0.717, 1.165) is 0 Å². The average Bonchev–Trinajstić information content (AvgIpc) is 3.26. The Morgan fingerprint density at radius 1 is 1.24 bits per heavy atom. The first-order valence-electron chi connectivity index (χ1n) is 7.81. The lowest BCUT2D eigenvalue weighted by molar-refractivity contribution is 0.142. The van der Waals surface area contributed by atoms with E-state index in [2.05, 4.69) is 0 Å². The van der Waals surface area contributed by atoms with Crippen LogP contribution in [0.25, 0.3) is 0 Å². The molecule has 25 heavy (non-hydrogen) atoms. The summed E-state index contributed by atoms with van der Waals surface area (Å²) in [6.45, 7) is 0.307. The first kappa shape index (κ1) is 18.3. The molecular formula is C18H19ClFNO3S. The molecule has 3 atom stereocenters. The van der Waals surface area contributed by atoms with E-state index in [-0.39, 0.29) is 18.0 Å². The molecule has 2 aromatic carbocycles. The van der Waals surface area contributed by atoms with Crippen LogP contribution in [0.15, 0.2) is 53.4 Å². The fourth-order valence-electron chi connectivity index (χ4n) is 3.66. The van der Waals surface area contributed by atoms with Gasteiger partial charge in [-0.15, -0.1) is 0 Å². The van der Waals surface area contributed by atoms with Gasteiger partial charge >= 0.3 is 0 Å². The number of methoxy groups -OCH3 is 1. The highest BCUT2D eigenvalue weighted by Gasteiger charge is 2.70. The Bertz CT molecular complexity index is 872. The normalized spacial score (nSPS) is 25.8. The van der Waals surface area contributed by atoms with Gasteiger partial charge in [-0.2, -0.15) is 0 Å². The monoisotopic (exact) mass is 383 g/mol. The maximum Gasteiger partial charge on any atom is 0.182 e. The van der Waals surface area contributed by atoms with Crippen LogP contribution in [-0.2, 0) is 14.6 Å². The van der Waals surface area contributed by atoms with Gasteiger partial charge in [-0.25, -0.2) is 12.8 Å². The van der Waals surface area contributed by atoms with E-state index in [1.54, 1.807) is 12.1 Å². The smallest absolute Gasteiger partial charge is 0.182 e. The number of nitrogens with two attached hydrogens (primary N) is 1. The van der Waals surface area contributed by atoms with Gasteiger partial charge in [-0.1, -0.05) is 23.7 Å². The Balaban J connectivity index is 2.07. The second-order valence-electron chi connectivity index (χ2n) is 6.32. The van der Waals surface area contributed by atoms with Crippen LogP contribution >= 0.6 is 11.6 Å². The standard InChI is InChI=1S/C18H19ClFNO3S/c1-24-11-18(10-21)16(12-3-2-4-14(20)9-12)17(18)25(22,23)15-7-5-13(19)6-8-15/h2-9,16-17H,10-11,21H2,1H3/t16-,17-,18-/m1/s1. The van der Waals surface area contributed by atoms with Gasteiger partial charge in [0.05, 0.1) is 16.8 Å². The molecule has 0 aromatic heterocycles. The van der Waals surface area contributed by atoms with Crippen molar-refractivity contribution in [3.63, 3.8) is 0 Å². The van der Waals surface area contributed by atoms with E-state index in [0.29, 0.717) is 10.6 Å². The molecule has 7 heteroatoms. The van der Waals surface area contributed by atoms with Crippen molar-refractivity contribution in [3.05, 3.63) is 64.9 Å². The summed E-state index contributed by atoms with van der Waals surface area (Å²) in [5.74, 6) is -0.829. The number of ether oxygens (including phenoxy) is 1. The number of halogens is 2. The molecule has 0 saturated heterocycles. The van der Waals surface area contributed by atoms with E-state index < -0.39 is 32.2 Å². The van der Waals surface area contributed by atoms with E-state index in [1.807, 2.05) is 0 Å². The van der Waals surface area contributed by atoms with Crippen molar-refractivity contribution in [1.82, 2.24) is 0 Å². The highest BCUT2D eigenvalue weighted by molar-refractivity contribution is 7.92. The van der Waals surface area contributed by atoms with Gasteiger partial charge in [0.2, 0.25) is 0 Å². The molecular weight excluding hydrogens is 365 g/mol. The van der Waals surface area contributed by atoms with Crippen LogP contribution in [0.3, 0.4) is 0 Å².